The number of rotatable bonds is 2. The van der Waals surface area contributed by atoms with Crippen LogP contribution >= 0.6 is 0 Å². The average Bonchev–Trinajstić information content (AvgIpc) is 2.86. The summed E-state index contributed by atoms with van der Waals surface area (Å²) in [5.74, 6) is -0.709. The predicted molar refractivity (Wildman–Crippen MR) is 152 cm³/mol. The molecule has 0 bridgehead atoms. The topological polar surface area (TPSA) is 123 Å². The van der Waals surface area contributed by atoms with Gasteiger partial charge in [-0.05, 0) is 86.0 Å². The fourth-order valence-electron chi connectivity index (χ4n) is 10.2. The Kier molecular flexibility index (Phi) is 6.21. The molecule has 0 aliphatic heterocycles. The molecule has 0 aromatic carbocycles. The van der Waals surface area contributed by atoms with Crippen LogP contribution in [0, 0.1) is 61.6 Å². The van der Waals surface area contributed by atoms with Gasteiger partial charge < -0.3 is 10.6 Å². The Morgan fingerprint density at radius 3 is 2.33 bits per heavy atom. The van der Waals surface area contributed by atoms with E-state index in [1.807, 2.05) is 26.0 Å². The lowest BCUT2D eigenvalue weighted by Gasteiger charge is -2.68. The molecule has 0 aromatic heterocycles. The van der Waals surface area contributed by atoms with Crippen LogP contribution in [0.2, 0.25) is 0 Å². The van der Waals surface area contributed by atoms with E-state index in [4.69, 9.17) is 10.6 Å². The number of carbonyl (C=O) groups is 3. The number of hydrogen-bond acceptors (Lipinski definition) is 6. The second kappa shape index (κ2) is 8.63. The van der Waals surface area contributed by atoms with E-state index in [2.05, 4.69) is 45.8 Å². The zero-order valence-corrected chi connectivity index (χ0v) is 25.4. The number of nitrogens with two attached hydrogens (primary N) is 1. The molecule has 0 heterocycles. The molecule has 2 unspecified atom stereocenters. The summed E-state index contributed by atoms with van der Waals surface area (Å²) in [6.07, 6.45) is 9.08. The minimum atomic E-state index is -0.774. The van der Waals surface area contributed by atoms with Gasteiger partial charge in [0, 0.05) is 16.7 Å². The van der Waals surface area contributed by atoms with Crippen molar-refractivity contribution < 1.29 is 19.2 Å². The quantitative estimate of drug-likeness (QED) is 0.195. The highest BCUT2D eigenvalue weighted by atomic mass is 16.7. The Hall–Kier alpha value is -2.75. The van der Waals surface area contributed by atoms with Crippen LogP contribution in [0.15, 0.2) is 28.5 Å². The lowest BCUT2D eigenvalue weighted by atomic mass is 9.34. The summed E-state index contributed by atoms with van der Waals surface area (Å²) in [7, 11) is 0. The van der Waals surface area contributed by atoms with Gasteiger partial charge in [-0.2, -0.15) is 5.26 Å². The van der Waals surface area contributed by atoms with E-state index in [1.165, 1.54) is 0 Å². The third-order valence-electron chi connectivity index (χ3n) is 12.5. The summed E-state index contributed by atoms with van der Waals surface area (Å²) in [5.41, 5.74) is 4.19. The summed E-state index contributed by atoms with van der Waals surface area (Å²) in [6, 6.07) is 2.16. The van der Waals surface area contributed by atoms with Crippen molar-refractivity contribution in [2.45, 2.75) is 100 Å². The number of nitriles is 1. The minimum Gasteiger partial charge on any atom is -0.385 e. The van der Waals surface area contributed by atoms with Gasteiger partial charge in [-0.15, -0.1) is 0 Å². The number of fused-ring (bicyclic) bond motifs is 7. The minimum absolute atomic E-state index is 0.000474. The van der Waals surface area contributed by atoms with Crippen molar-refractivity contribution in [2.75, 3.05) is 0 Å². The van der Waals surface area contributed by atoms with Crippen LogP contribution in [-0.2, 0) is 19.2 Å². The Morgan fingerprint density at radius 2 is 1.70 bits per heavy atom. The first-order valence-corrected chi connectivity index (χ1v) is 14.9. The van der Waals surface area contributed by atoms with E-state index in [1.54, 1.807) is 6.92 Å². The van der Waals surface area contributed by atoms with Crippen LogP contribution in [-0.4, -0.2) is 23.4 Å². The standard InChI is InChI=1S/C33H45N3O4/c1-19(35)36-40-27(39)33-13-11-28(2,3)17-21(33)25-22(37)15-24-30(6)16-20(18-34)26(38)29(4,5)23(30)9-10-31(24,7)32(25,8)12-14-33/h15-16,21,23,25H,9-14,17H2,1-8H3,(H2,35,36)/t21?,23-,25?,30-,31+,32+,33-/m0/s1. The predicted octanol–water partition coefficient (Wildman–Crippen LogP) is 6.04. The molecule has 0 amide bonds. The second-order valence-electron chi connectivity index (χ2n) is 15.5. The van der Waals surface area contributed by atoms with Crippen molar-refractivity contribution in [1.29, 1.82) is 5.26 Å². The molecular formula is C33H45N3O4. The molecule has 0 saturated heterocycles. The zero-order chi connectivity index (χ0) is 29.7. The van der Waals surface area contributed by atoms with Gasteiger partial charge in [-0.3, -0.25) is 9.59 Å². The lowest BCUT2D eigenvalue weighted by Crippen LogP contribution is -2.65. The van der Waals surface area contributed by atoms with Gasteiger partial charge in [0.05, 0.1) is 11.0 Å². The van der Waals surface area contributed by atoms with Gasteiger partial charge in [-0.1, -0.05) is 65.3 Å². The Morgan fingerprint density at radius 1 is 1.05 bits per heavy atom. The Bertz CT molecular complexity index is 1330. The van der Waals surface area contributed by atoms with Crippen molar-refractivity contribution in [3.8, 4) is 6.07 Å². The Labute approximate surface area is 238 Å². The van der Waals surface area contributed by atoms with Gasteiger partial charge in [0.2, 0.25) is 0 Å². The monoisotopic (exact) mass is 547 g/mol. The summed E-state index contributed by atoms with van der Waals surface area (Å²) in [5, 5.41) is 13.7. The molecule has 3 fully saturated rings. The lowest BCUT2D eigenvalue weighted by molar-refractivity contribution is -0.193. The number of amidine groups is 1. The van der Waals surface area contributed by atoms with Crippen molar-refractivity contribution in [2.24, 2.45) is 61.1 Å². The summed E-state index contributed by atoms with van der Waals surface area (Å²) in [4.78, 5) is 46.9. The van der Waals surface area contributed by atoms with E-state index < -0.39 is 16.2 Å². The van der Waals surface area contributed by atoms with Crippen molar-refractivity contribution in [3.63, 3.8) is 0 Å². The molecule has 0 spiro atoms. The van der Waals surface area contributed by atoms with Crippen molar-refractivity contribution >= 4 is 23.4 Å². The highest BCUT2D eigenvalue weighted by Gasteiger charge is 2.71. The Balaban J connectivity index is 1.67. The molecule has 2 N–H and O–H groups in total. The highest BCUT2D eigenvalue weighted by Crippen LogP contribution is 2.74. The molecule has 5 rings (SSSR count). The van der Waals surface area contributed by atoms with E-state index in [0.717, 1.165) is 31.3 Å². The molecule has 40 heavy (non-hydrogen) atoms. The largest absolute Gasteiger partial charge is 0.385 e. The molecule has 0 radical (unpaired) electrons. The van der Waals surface area contributed by atoms with E-state index in [9.17, 15) is 19.6 Å². The van der Waals surface area contributed by atoms with Crippen LogP contribution in [0.25, 0.3) is 0 Å². The molecule has 5 aliphatic rings. The number of hydrogen-bond donors (Lipinski definition) is 1. The first-order valence-electron chi connectivity index (χ1n) is 14.9. The first kappa shape index (κ1) is 28.8. The van der Waals surface area contributed by atoms with Gasteiger partial charge in [0.15, 0.2) is 11.6 Å². The normalized spacial score (nSPS) is 43.6. The van der Waals surface area contributed by atoms with Crippen molar-refractivity contribution in [3.05, 3.63) is 23.3 Å². The van der Waals surface area contributed by atoms with Crippen LogP contribution in [0.4, 0.5) is 0 Å². The molecular weight excluding hydrogens is 502 g/mol. The van der Waals surface area contributed by atoms with Crippen LogP contribution in [0.5, 0.6) is 0 Å². The third-order valence-corrected chi connectivity index (χ3v) is 12.5. The number of Topliss-reactive ketones (excluding diaryl/α,β-unsaturated/α-hetero) is 1. The van der Waals surface area contributed by atoms with Crippen LogP contribution in [0.3, 0.4) is 0 Å². The van der Waals surface area contributed by atoms with E-state index in [0.29, 0.717) is 19.3 Å². The fraction of sp³-hybridized carbons (Fsp3) is 0.727. The maximum atomic E-state index is 14.5. The summed E-state index contributed by atoms with van der Waals surface area (Å²) >= 11 is 0. The van der Waals surface area contributed by atoms with E-state index in [-0.39, 0.29) is 62.9 Å². The molecule has 0 aromatic rings. The number of carbonyl (C=O) groups excluding carboxylic acids is 3. The maximum Gasteiger partial charge on any atom is 0.341 e. The highest BCUT2D eigenvalue weighted by molar-refractivity contribution is 6.04. The average molecular weight is 548 g/mol. The van der Waals surface area contributed by atoms with Gasteiger partial charge in [-0.25, -0.2) is 4.79 Å². The van der Waals surface area contributed by atoms with Crippen LogP contribution in [0.1, 0.15) is 100 Å². The smallest absolute Gasteiger partial charge is 0.341 e. The summed E-state index contributed by atoms with van der Waals surface area (Å²) in [6.45, 7) is 16.6. The zero-order valence-electron chi connectivity index (χ0n) is 25.4. The molecule has 7 atom stereocenters. The van der Waals surface area contributed by atoms with Gasteiger partial charge in [0.25, 0.3) is 0 Å². The summed E-state index contributed by atoms with van der Waals surface area (Å²) < 4.78 is 0. The van der Waals surface area contributed by atoms with Gasteiger partial charge >= 0.3 is 5.97 Å². The van der Waals surface area contributed by atoms with Gasteiger partial charge in [0.1, 0.15) is 11.9 Å². The number of nitrogens with zero attached hydrogens (tertiary/aromatic N) is 2. The third kappa shape index (κ3) is 3.59. The van der Waals surface area contributed by atoms with E-state index >= 15 is 0 Å². The second-order valence-corrected chi connectivity index (χ2v) is 15.5. The van der Waals surface area contributed by atoms with Crippen LogP contribution < -0.4 is 5.73 Å². The molecule has 5 aliphatic carbocycles. The number of allylic oxidation sites excluding steroid dienone is 4. The maximum absolute atomic E-state index is 14.5. The molecule has 216 valence electrons. The first-order chi connectivity index (χ1) is 18.4. The molecule has 7 nitrogen and oxygen atoms in total. The molecule has 3 saturated carbocycles. The van der Waals surface area contributed by atoms with Crippen molar-refractivity contribution in [1.82, 2.24) is 0 Å². The SMILES string of the molecule is CC(N)=NOC(=O)[C@]12CCC(C)(C)CC1C1C(=O)C=C3[C@@]4(C)C=C(C#N)C(=O)C(C)(C)[C@@H]4CC[C@@]3(C)[C@]1(C)CC2. The number of oxime groups is 1. The number of ketones is 2. The molecule has 7 heteroatoms. The fourth-order valence-corrected chi connectivity index (χ4v) is 10.2.